The second-order valence-corrected chi connectivity index (χ2v) is 6.64. The molecule has 0 unspecified atom stereocenters. The maximum Gasteiger partial charge on any atom is 0.324 e. The van der Waals surface area contributed by atoms with E-state index in [9.17, 15) is 4.79 Å². The van der Waals surface area contributed by atoms with Crippen LogP contribution in [0.2, 0.25) is 0 Å². The van der Waals surface area contributed by atoms with Gasteiger partial charge < -0.3 is 15.2 Å². The van der Waals surface area contributed by atoms with Gasteiger partial charge in [0.2, 0.25) is 0 Å². The van der Waals surface area contributed by atoms with Crippen LogP contribution < -0.4 is 5.73 Å². The van der Waals surface area contributed by atoms with Crippen molar-refractivity contribution in [2.75, 3.05) is 6.61 Å². The molecule has 0 saturated heterocycles. The molecule has 0 aromatic heterocycles. The molecule has 0 fully saturated rings. The summed E-state index contributed by atoms with van der Waals surface area (Å²) in [5.41, 5.74) is 6.62. The zero-order valence-electron chi connectivity index (χ0n) is 14.5. The lowest BCUT2D eigenvalue weighted by molar-refractivity contribution is -0.157. The molecule has 0 bridgehead atoms. The van der Waals surface area contributed by atoms with Gasteiger partial charge in [-0.25, -0.2) is 0 Å². The van der Waals surface area contributed by atoms with Crippen LogP contribution >= 0.6 is 0 Å². The standard InChI is InChI=1S/C19H29NO3/c1-5-16(17(20)18(21)23-19(2,3)4)12-9-13-22-14-15-10-7-6-8-11-15/h5-8,10-11,16-17H,1,9,12-14,20H2,2-4H3/t16-,17+/m1/s1. The molecule has 0 aliphatic carbocycles. The van der Waals surface area contributed by atoms with Crippen LogP contribution in [0.25, 0.3) is 0 Å². The topological polar surface area (TPSA) is 61.5 Å². The third-order valence-corrected chi connectivity index (χ3v) is 3.38. The Labute approximate surface area is 139 Å². The number of ether oxygens (including phenoxy) is 2. The van der Waals surface area contributed by atoms with Crippen LogP contribution in [0.3, 0.4) is 0 Å². The van der Waals surface area contributed by atoms with Gasteiger partial charge in [0.1, 0.15) is 11.6 Å². The van der Waals surface area contributed by atoms with E-state index in [4.69, 9.17) is 15.2 Å². The van der Waals surface area contributed by atoms with E-state index in [0.29, 0.717) is 13.2 Å². The van der Waals surface area contributed by atoms with Crippen LogP contribution in [0.4, 0.5) is 0 Å². The first-order valence-electron chi connectivity index (χ1n) is 8.06. The molecular weight excluding hydrogens is 290 g/mol. The molecule has 0 radical (unpaired) electrons. The smallest absolute Gasteiger partial charge is 0.324 e. The van der Waals surface area contributed by atoms with Gasteiger partial charge in [0.05, 0.1) is 6.61 Å². The number of rotatable bonds is 9. The largest absolute Gasteiger partial charge is 0.459 e. The number of nitrogens with two attached hydrogens (primary N) is 1. The first-order valence-corrected chi connectivity index (χ1v) is 8.06. The maximum atomic E-state index is 12.0. The van der Waals surface area contributed by atoms with E-state index in [1.165, 1.54) is 0 Å². The Morgan fingerprint density at radius 1 is 1.30 bits per heavy atom. The van der Waals surface area contributed by atoms with Crippen molar-refractivity contribution in [2.45, 2.75) is 51.9 Å². The van der Waals surface area contributed by atoms with Crippen LogP contribution in [0.5, 0.6) is 0 Å². The predicted octanol–water partition coefficient (Wildman–Crippen LogP) is 3.45. The highest BCUT2D eigenvalue weighted by molar-refractivity contribution is 5.76. The zero-order chi connectivity index (χ0) is 17.3. The van der Waals surface area contributed by atoms with E-state index in [0.717, 1.165) is 18.4 Å². The molecule has 128 valence electrons. The lowest BCUT2D eigenvalue weighted by Crippen LogP contribution is -2.42. The van der Waals surface area contributed by atoms with Gasteiger partial charge in [-0.2, -0.15) is 0 Å². The van der Waals surface area contributed by atoms with Crippen molar-refractivity contribution >= 4 is 5.97 Å². The predicted molar refractivity (Wildman–Crippen MR) is 92.8 cm³/mol. The second kappa shape index (κ2) is 9.48. The summed E-state index contributed by atoms with van der Waals surface area (Å²) >= 11 is 0. The van der Waals surface area contributed by atoms with Crippen molar-refractivity contribution in [3.8, 4) is 0 Å². The third-order valence-electron chi connectivity index (χ3n) is 3.38. The average Bonchev–Trinajstić information content (AvgIpc) is 2.49. The Kier molecular flexibility index (Phi) is 8.00. The molecule has 0 heterocycles. The van der Waals surface area contributed by atoms with Gasteiger partial charge in [0, 0.05) is 12.5 Å². The fourth-order valence-electron chi connectivity index (χ4n) is 2.17. The van der Waals surface area contributed by atoms with E-state index in [1.807, 2.05) is 51.1 Å². The highest BCUT2D eigenvalue weighted by atomic mass is 16.6. The summed E-state index contributed by atoms with van der Waals surface area (Å²) in [7, 11) is 0. The fraction of sp³-hybridized carbons (Fsp3) is 0.526. The van der Waals surface area contributed by atoms with E-state index >= 15 is 0 Å². The molecule has 0 aliphatic heterocycles. The van der Waals surface area contributed by atoms with Gasteiger partial charge in [-0.1, -0.05) is 36.4 Å². The average molecular weight is 319 g/mol. The minimum atomic E-state index is -0.680. The van der Waals surface area contributed by atoms with Gasteiger partial charge in [-0.3, -0.25) is 4.79 Å². The van der Waals surface area contributed by atoms with Gasteiger partial charge in [-0.05, 0) is 39.2 Å². The lowest BCUT2D eigenvalue weighted by Gasteiger charge is -2.25. The monoisotopic (exact) mass is 319 g/mol. The molecule has 0 saturated carbocycles. The molecule has 0 aliphatic rings. The number of carbonyl (C=O) groups is 1. The lowest BCUT2D eigenvalue weighted by atomic mass is 9.95. The molecule has 1 aromatic rings. The van der Waals surface area contributed by atoms with Crippen molar-refractivity contribution in [1.29, 1.82) is 0 Å². The third kappa shape index (κ3) is 7.95. The summed E-state index contributed by atoms with van der Waals surface area (Å²) in [5, 5.41) is 0. The summed E-state index contributed by atoms with van der Waals surface area (Å²) in [6.07, 6.45) is 3.30. The fourth-order valence-corrected chi connectivity index (χ4v) is 2.17. The van der Waals surface area contributed by atoms with Crippen LogP contribution in [0.15, 0.2) is 43.0 Å². The molecule has 2 N–H and O–H groups in total. The van der Waals surface area contributed by atoms with Crippen LogP contribution in [0.1, 0.15) is 39.2 Å². The zero-order valence-corrected chi connectivity index (χ0v) is 14.5. The SMILES string of the molecule is C=C[C@H](CCCOCc1ccccc1)[C@H](N)C(=O)OC(C)(C)C. The van der Waals surface area contributed by atoms with Crippen molar-refractivity contribution in [2.24, 2.45) is 11.7 Å². The van der Waals surface area contributed by atoms with Gasteiger partial charge in [-0.15, -0.1) is 6.58 Å². The Morgan fingerprint density at radius 2 is 1.96 bits per heavy atom. The van der Waals surface area contributed by atoms with Gasteiger partial charge in [0.25, 0.3) is 0 Å². The summed E-state index contributed by atoms with van der Waals surface area (Å²) in [5.74, 6) is -0.488. The van der Waals surface area contributed by atoms with Gasteiger partial charge in [0.15, 0.2) is 0 Å². The number of esters is 1. The Bertz CT molecular complexity index is 479. The second-order valence-electron chi connectivity index (χ2n) is 6.64. The van der Waals surface area contributed by atoms with E-state index < -0.39 is 11.6 Å². The molecule has 23 heavy (non-hydrogen) atoms. The van der Waals surface area contributed by atoms with Crippen LogP contribution in [-0.2, 0) is 20.9 Å². The number of benzene rings is 1. The molecule has 0 spiro atoms. The summed E-state index contributed by atoms with van der Waals surface area (Å²) in [4.78, 5) is 12.0. The van der Waals surface area contributed by atoms with Crippen molar-refractivity contribution in [3.63, 3.8) is 0 Å². The number of carbonyl (C=O) groups excluding carboxylic acids is 1. The molecule has 1 aromatic carbocycles. The summed E-state index contributed by atoms with van der Waals surface area (Å²) in [6.45, 7) is 10.5. The van der Waals surface area contributed by atoms with Crippen molar-refractivity contribution in [1.82, 2.24) is 0 Å². The molecule has 1 rings (SSSR count). The Balaban J connectivity index is 2.30. The quantitative estimate of drug-likeness (QED) is 0.430. The molecule has 0 amide bonds. The first kappa shape index (κ1) is 19.4. The normalized spacial score (nSPS) is 14.1. The maximum absolute atomic E-state index is 12.0. The minimum Gasteiger partial charge on any atom is -0.459 e. The molecule has 2 atom stereocenters. The van der Waals surface area contributed by atoms with E-state index in [2.05, 4.69) is 6.58 Å². The highest BCUT2D eigenvalue weighted by Gasteiger charge is 2.27. The Morgan fingerprint density at radius 3 is 2.52 bits per heavy atom. The molecule has 4 nitrogen and oxygen atoms in total. The van der Waals surface area contributed by atoms with Crippen LogP contribution in [0, 0.1) is 5.92 Å². The molecule has 4 heteroatoms. The first-order chi connectivity index (χ1) is 10.8. The number of hydrogen-bond acceptors (Lipinski definition) is 4. The highest BCUT2D eigenvalue weighted by Crippen LogP contribution is 2.16. The summed E-state index contributed by atoms with van der Waals surface area (Å²) < 4.78 is 11.0. The van der Waals surface area contributed by atoms with Crippen molar-refractivity contribution in [3.05, 3.63) is 48.6 Å². The number of hydrogen-bond donors (Lipinski definition) is 1. The minimum absolute atomic E-state index is 0.106. The van der Waals surface area contributed by atoms with Crippen LogP contribution in [-0.4, -0.2) is 24.2 Å². The summed E-state index contributed by atoms with van der Waals surface area (Å²) in [6, 6.07) is 9.35. The van der Waals surface area contributed by atoms with Crippen molar-refractivity contribution < 1.29 is 14.3 Å². The molecular formula is C19H29NO3. The van der Waals surface area contributed by atoms with E-state index in [1.54, 1.807) is 6.08 Å². The van der Waals surface area contributed by atoms with E-state index in [-0.39, 0.29) is 11.9 Å². The van der Waals surface area contributed by atoms with Gasteiger partial charge >= 0.3 is 5.97 Å². The Hall–Kier alpha value is -1.65.